The summed E-state index contributed by atoms with van der Waals surface area (Å²) in [5.74, 6) is -1.60. The molecule has 164 valence electrons. The molecule has 7 nitrogen and oxygen atoms in total. The zero-order valence-electron chi connectivity index (χ0n) is 18.3. The van der Waals surface area contributed by atoms with Crippen LogP contribution >= 0.6 is 0 Å². The number of carboxylic acid groups (broad SMARTS) is 1. The van der Waals surface area contributed by atoms with E-state index in [0.717, 1.165) is 25.7 Å². The van der Waals surface area contributed by atoms with Gasteiger partial charge >= 0.3 is 18.0 Å². The highest BCUT2D eigenvalue weighted by Gasteiger charge is 2.25. The summed E-state index contributed by atoms with van der Waals surface area (Å²) >= 11 is 0. The summed E-state index contributed by atoms with van der Waals surface area (Å²) < 4.78 is 10.5. The zero-order chi connectivity index (χ0) is 21.7. The van der Waals surface area contributed by atoms with Gasteiger partial charge in [-0.05, 0) is 18.3 Å². The highest BCUT2D eigenvalue weighted by Crippen LogP contribution is 2.21. The van der Waals surface area contributed by atoms with E-state index in [1.807, 2.05) is 0 Å². The summed E-state index contributed by atoms with van der Waals surface area (Å²) in [7, 11) is 0. The molecule has 0 aliphatic carbocycles. The maximum Gasteiger partial charge on any atom is 0.410 e. The van der Waals surface area contributed by atoms with E-state index >= 15 is 0 Å². The van der Waals surface area contributed by atoms with Crippen molar-refractivity contribution >= 4 is 18.0 Å². The molecule has 0 rings (SSSR count). The molecule has 2 N–H and O–H groups in total. The maximum absolute atomic E-state index is 12.1. The van der Waals surface area contributed by atoms with Gasteiger partial charge in [0.15, 0.2) is 0 Å². The molecule has 28 heavy (non-hydrogen) atoms. The van der Waals surface area contributed by atoms with Crippen LogP contribution in [-0.4, -0.2) is 36.0 Å². The fourth-order valence-corrected chi connectivity index (χ4v) is 2.84. The standard InChI is InChI=1S/C21H39NO6/c1-7-8-9-10-16(6)11-17(12-18(23)24)13-22-21(26)28-20(15(4)5)27-19(25)14(2)3/h14-17,20H,7-13H2,1-6H3,(H,22,26)(H,23,24)/t16-,17+,20+/m1/s1. The fourth-order valence-electron chi connectivity index (χ4n) is 2.84. The third kappa shape index (κ3) is 12.6. The Bertz CT molecular complexity index is 478. The van der Waals surface area contributed by atoms with Crippen LogP contribution in [0, 0.1) is 23.7 Å². The molecule has 3 atom stereocenters. The van der Waals surface area contributed by atoms with E-state index in [1.165, 1.54) is 6.42 Å². The predicted molar refractivity (Wildman–Crippen MR) is 108 cm³/mol. The van der Waals surface area contributed by atoms with Crippen LogP contribution in [0.15, 0.2) is 0 Å². The molecule has 0 heterocycles. The summed E-state index contributed by atoms with van der Waals surface area (Å²) in [6, 6.07) is 0. The molecular weight excluding hydrogens is 362 g/mol. The van der Waals surface area contributed by atoms with E-state index in [2.05, 4.69) is 19.2 Å². The molecule has 0 saturated carbocycles. The van der Waals surface area contributed by atoms with Crippen molar-refractivity contribution in [2.75, 3.05) is 6.54 Å². The predicted octanol–water partition coefficient (Wildman–Crippen LogP) is 4.59. The number of hydrogen-bond acceptors (Lipinski definition) is 5. The first-order chi connectivity index (χ1) is 13.1. The third-order valence-corrected chi connectivity index (χ3v) is 4.51. The summed E-state index contributed by atoms with van der Waals surface area (Å²) in [5, 5.41) is 11.8. The van der Waals surface area contributed by atoms with Gasteiger partial charge in [-0.25, -0.2) is 4.79 Å². The number of alkyl carbamates (subject to hydrolysis) is 1. The molecule has 0 aromatic rings. The molecule has 0 unspecified atom stereocenters. The molecule has 0 aliphatic rings. The molecule has 0 radical (unpaired) electrons. The van der Waals surface area contributed by atoms with Crippen molar-refractivity contribution in [3.8, 4) is 0 Å². The number of carbonyl (C=O) groups excluding carboxylic acids is 2. The first kappa shape index (κ1) is 26.2. The van der Waals surface area contributed by atoms with Crippen LogP contribution in [0.1, 0.15) is 80.1 Å². The molecule has 0 spiro atoms. The van der Waals surface area contributed by atoms with Crippen LogP contribution in [-0.2, 0) is 19.1 Å². The summed E-state index contributed by atoms with van der Waals surface area (Å²) in [6.07, 6.45) is 3.55. The van der Waals surface area contributed by atoms with Crippen LogP contribution in [0.25, 0.3) is 0 Å². The van der Waals surface area contributed by atoms with Gasteiger partial charge in [-0.2, -0.15) is 0 Å². The summed E-state index contributed by atoms with van der Waals surface area (Å²) in [5.41, 5.74) is 0. The monoisotopic (exact) mass is 401 g/mol. The second-order valence-corrected chi connectivity index (χ2v) is 8.29. The number of carboxylic acids is 1. The molecule has 0 saturated heterocycles. The Morgan fingerprint density at radius 3 is 2.14 bits per heavy atom. The smallest absolute Gasteiger partial charge is 0.410 e. The normalized spacial score (nSPS) is 14.4. The van der Waals surface area contributed by atoms with Crippen molar-refractivity contribution < 1.29 is 29.0 Å². The number of esters is 1. The number of aliphatic carboxylic acids is 1. The highest BCUT2D eigenvalue weighted by atomic mass is 16.7. The zero-order valence-corrected chi connectivity index (χ0v) is 18.3. The van der Waals surface area contributed by atoms with E-state index in [1.54, 1.807) is 27.7 Å². The van der Waals surface area contributed by atoms with Crippen LogP contribution in [0.3, 0.4) is 0 Å². The average molecular weight is 402 g/mol. The Hall–Kier alpha value is -1.79. The van der Waals surface area contributed by atoms with E-state index < -0.39 is 24.3 Å². The van der Waals surface area contributed by atoms with Gasteiger partial charge < -0.3 is 19.9 Å². The number of nitrogens with one attached hydrogen (secondary N) is 1. The van der Waals surface area contributed by atoms with E-state index in [4.69, 9.17) is 14.6 Å². The number of ether oxygens (including phenoxy) is 2. The Morgan fingerprint density at radius 1 is 1.00 bits per heavy atom. The summed E-state index contributed by atoms with van der Waals surface area (Å²) in [6.45, 7) is 11.5. The Kier molecular flexibility index (Phi) is 13.3. The summed E-state index contributed by atoms with van der Waals surface area (Å²) in [4.78, 5) is 35.0. The molecule has 0 bridgehead atoms. The van der Waals surface area contributed by atoms with Gasteiger partial charge in [0.25, 0.3) is 6.29 Å². The van der Waals surface area contributed by atoms with Crippen LogP contribution in [0.4, 0.5) is 4.79 Å². The molecule has 1 amide bonds. The van der Waals surface area contributed by atoms with Gasteiger partial charge in [0.1, 0.15) is 0 Å². The third-order valence-electron chi connectivity index (χ3n) is 4.51. The van der Waals surface area contributed by atoms with Gasteiger partial charge in [-0.15, -0.1) is 0 Å². The largest absolute Gasteiger partial charge is 0.481 e. The maximum atomic E-state index is 12.1. The van der Waals surface area contributed by atoms with Crippen molar-refractivity contribution in [1.82, 2.24) is 5.32 Å². The van der Waals surface area contributed by atoms with E-state index in [9.17, 15) is 14.4 Å². The number of hydrogen-bond donors (Lipinski definition) is 2. The SMILES string of the molecule is CCCCC[C@@H](C)C[C@H](CNC(=O)O[C@H](OC(=O)C(C)C)C(C)C)CC(=O)O. The second kappa shape index (κ2) is 14.2. The van der Waals surface area contributed by atoms with Gasteiger partial charge in [-0.1, -0.05) is 67.2 Å². The first-order valence-electron chi connectivity index (χ1n) is 10.4. The molecule has 0 aliphatic heterocycles. The Balaban J connectivity index is 4.61. The van der Waals surface area contributed by atoms with Crippen molar-refractivity contribution in [1.29, 1.82) is 0 Å². The number of carbonyl (C=O) groups is 3. The lowest BCUT2D eigenvalue weighted by molar-refractivity contribution is -0.178. The highest BCUT2D eigenvalue weighted by molar-refractivity contribution is 5.72. The lowest BCUT2D eigenvalue weighted by Gasteiger charge is -2.24. The minimum Gasteiger partial charge on any atom is -0.481 e. The lowest BCUT2D eigenvalue weighted by Crippen LogP contribution is -2.37. The first-order valence-corrected chi connectivity index (χ1v) is 10.4. The number of amides is 1. The van der Waals surface area contributed by atoms with E-state index in [-0.39, 0.29) is 30.7 Å². The number of unbranched alkanes of at least 4 members (excludes halogenated alkanes) is 2. The van der Waals surface area contributed by atoms with Crippen LogP contribution in [0.5, 0.6) is 0 Å². The van der Waals surface area contributed by atoms with Crippen molar-refractivity contribution in [3.05, 3.63) is 0 Å². The quantitative estimate of drug-likeness (QED) is 0.251. The number of rotatable bonds is 14. The molecule has 0 fully saturated rings. The molecular formula is C21H39NO6. The molecule has 0 aromatic heterocycles. The Morgan fingerprint density at radius 2 is 1.64 bits per heavy atom. The van der Waals surface area contributed by atoms with Gasteiger partial charge in [0.05, 0.1) is 5.92 Å². The van der Waals surface area contributed by atoms with Crippen LogP contribution < -0.4 is 5.32 Å². The van der Waals surface area contributed by atoms with Crippen molar-refractivity contribution in [2.45, 2.75) is 86.4 Å². The minimum absolute atomic E-state index is 0.00561. The van der Waals surface area contributed by atoms with Gasteiger partial charge in [0.2, 0.25) is 0 Å². The topological polar surface area (TPSA) is 102 Å². The van der Waals surface area contributed by atoms with Crippen LogP contribution in [0.2, 0.25) is 0 Å². The van der Waals surface area contributed by atoms with E-state index in [0.29, 0.717) is 5.92 Å². The van der Waals surface area contributed by atoms with Crippen molar-refractivity contribution in [3.63, 3.8) is 0 Å². The minimum atomic E-state index is -0.971. The molecule has 0 aromatic carbocycles. The second-order valence-electron chi connectivity index (χ2n) is 8.29. The van der Waals surface area contributed by atoms with Crippen molar-refractivity contribution in [2.24, 2.45) is 23.7 Å². The lowest BCUT2D eigenvalue weighted by atomic mass is 9.89. The van der Waals surface area contributed by atoms with Gasteiger partial charge in [0, 0.05) is 18.9 Å². The average Bonchev–Trinajstić information content (AvgIpc) is 2.58. The van der Waals surface area contributed by atoms with Gasteiger partial charge in [-0.3, -0.25) is 9.59 Å². The fraction of sp³-hybridized carbons (Fsp3) is 0.857. The molecule has 7 heteroatoms. The Labute approximate surface area is 169 Å².